The Balaban J connectivity index is 1.48. The third-order valence-corrected chi connectivity index (χ3v) is 5.38. The fraction of sp³-hybridized carbons (Fsp3) is 0.556. The first-order chi connectivity index (χ1) is 11.6. The number of rotatable bonds is 7. The van der Waals surface area contributed by atoms with Crippen LogP contribution in [-0.2, 0) is 11.2 Å². The molecule has 1 amide bonds. The van der Waals surface area contributed by atoms with E-state index in [9.17, 15) is 9.90 Å². The van der Waals surface area contributed by atoms with Gasteiger partial charge in [-0.2, -0.15) is 0 Å². The highest BCUT2D eigenvalue weighted by Crippen LogP contribution is 2.28. The highest BCUT2D eigenvalue weighted by molar-refractivity contribution is 7.09. The number of nitrogens with zero attached hydrogens (tertiary/aromatic N) is 2. The maximum Gasteiger partial charge on any atom is 0.222 e. The fourth-order valence-corrected chi connectivity index (χ4v) is 4.00. The summed E-state index contributed by atoms with van der Waals surface area (Å²) in [6, 6.07) is 3.66. The SMILES string of the molecule is Cc1nc(CCCC(=O)N2CCCC2CC(O)c2ccco2)cs1. The van der Waals surface area contributed by atoms with Gasteiger partial charge in [-0.15, -0.1) is 11.3 Å². The molecule has 1 N–H and O–H groups in total. The molecule has 0 spiro atoms. The lowest BCUT2D eigenvalue weighted by Crippen LogP contribution is -2.36. The molecule has 3 rings (SSSR count). The number of likely N-dealkylation sites (tertiary alicyclic amines) is 1. The highest BCUT2D eigenvalue weighted by Gasteiger charge is 2.30. The minimum absolute atomic E-state index is 0.110. The van der Waals surface area contributed by atoms with Crippen LogP contribution < -0.4 is 0 Å². The molecule has 24 heavy (non-hydrogen) atoms. The van der Waals surface area contributed by atoms with Crippen molar-refractivity contribution in [2.24, 2.45) is 0 Å². The van der Waals surface area contributed by atoms with Crippen molar-refractivity contribution in [2.75, 3.05) is 6.54 Å². The highest BCUT2D eigenvalue weighted by atomic mass is 32.1. The Morgan fingerprint density at radius 3 is 3.17 bits per heavy atom. The maximum absolute atomic E-state index is 12.5. The van der Waals surface area contributed by atoms with Crippen LogP contribution in [0, 0.1) is 6.92 Å². The minimum Gasteiger partial charge on any atom is -0.467 e. The normalized spacial score (nSPS) is 18.9. The van der Waals surface area contributed by atoms with Crippen LogP contribution >= 0.6 is 11.3 Å². The summed E-state index contributed by atoms with van der Waals surface area (Å²) in [6.07, 6.45) is 5.65. The van der Waals surface area contributed by atoms with Crippen LogP contribution in [0.5, 0.6) is 0 Å². The Morgan fingerprint density at radius 1 is 1.58 bits per heavy atom. The molecule has 2 unspecified atom stereocenters. The van der Waals surface area contributed by atoms with Crippen LogP contribution in [0.3, 0.4) is 0 Å². The van der Waals surface area contributed by atoms with Gasteiger partial charge in [0.05, 0.1) is 17.0 Å². The van der Waals surface area contributed by atoms with Crippen molar-refractivity contribution in [3.05, 3.63) is 40.2 Å². The number of amides is 1. The smallest absolute Gasteiger partial charge is 0.222 e. The zero-order valence-corrected chi connectivity index (χ0v) is 14.8. The number of carbonyl (C=O) groups is 1. The van der Waals surface area contributed by atoms with Crippen LogP contribution in [0.4, 0.5) is 0 Å². The Labute approximate surface area is 146 Å². The molecule has 130 valence electrons. The number of hydrogen-bond acceptors (Lipinski definition) is 5. The first-order valence-corrected chi connectivity index (χ1v) is 9.43. The Morgan fingerprint density at radius 2 is 2.46 bits per heavy atom. The second-order valence-electron chi connectivity index (χ2n) is 6.36. The van der Waals surface area contributed by atoms with E-state index in [1.54, 1.807) is 29.7 Å². The number of carbonyl (C=O) groups excluding carboxylic acids is 1. The van der Waals surface area contributed by atoms with Crippen molar-refractivity contribution in [3.8, 4) is 0 Å². The molecule has 0 aromatic carbocycles. The van der Waals surface area contributed by atoms with E-state index in [0.29, 0.717) is 18.6 Å². The number of thiazole rings is 1. The summed E-state index contributed by atoms with van der Waals surface area (Å²) in [5.74, 6) is 0.768. The Kier molecular flexibility index (Phi) is 5.68. The summed E-state index contributed by atoms with van der Waals surface area (Å²) in [7, 11) is 0. The third kappa shape index (κ3) is 4.24. The number of aliphatic hydroxyl groups is 1. The van der Waals surface area contributed by atoms with Gasteiger partial charge < -0.3 is 14.4 Å². The van der Waals surface area contributed by atoms with Gasteiger partial charge in [-0.1, -0.05) is 0 Å². The van der Waals surface area contributed by atoms with E-state index >= 15 is 0 Å². The van der Waals surface area contributed by atoms with Crippen molar-refractivity contribution < 1.29 is 14.3 Å². The van der Waals surface area contributed by atoms with Crippen LogP contribution in [0.2, 0.25) is 0 Å². The molecular formula is C18H24N2O3S. The molecule has 0 radical (unpaired) electrons. The summed E-state index contributed by atoms with van der Waals surface area (Å²) in [5.41, 5.74) is 1.08. The third-order valence-electron chi connectivity index (χ3n) is 4.55. The van der Waals surface area contributed by atoms with Gasteiger partial charge in [0, 0.05) is 30.8 Å². The summed E-state index contributed by atoms with van der Waals surface area (Å²) < 4.78 is 5.26. The number of aromatic nitrogens is 1. The van der Waals surface area contributed by atoms with Gasteiger partial charge in [0.25, 0.3) is 0 Å². The molecular weight excluding hydrogens is 324 g/mol. The minimum atomic E-state index is -0.642. The summed E-state index contributed by atoms with van der Waals surface area (Å²) in [5, 5.41) is 13.4. The topological polar surface area (TPSA) is 66.6 Å². The number of hydrogen-bond donors (Lipinski definition) is 1. The Hall–Kier alpha value is -1.66. The van der Waals surface area contributed by atoms with E-state index in [-0.39, 0.29) is 11.9 Å². The van der Waals surface area contributed by atoms with E-state index in [4.69, 9.17) is 4.42 Å². The lowest BCUT2D eigenvalue weighted by Gasteiger charge is -2.26. The molecule has 0 saturated carbocycles. The average molecular weight is 348 g/mol. The molecule has 2 aromatic rings. The van der Waals surface area contributed by atoms with Crippen LogP contribution in [-0.4, -0.2) is 33.5 Å². The van der Waals surface area contributed by atoms with Crippen molar-refractivity contribution in [3.63, 3.8) is 0 Å². The average Bonchev–Trinajstić information content (AvgIpc) is 3.28. The lowest BCUT2D eigenvalue weighted by molar-refractivity contribution is -0.132. The van der Waals surface area contributed by atoms with Gasteiger partial charge in [0.15, 0.2) is 0 Å². The van der Waals surface area contributed by atoms with Crippen molar-refractivity contribution in [2.45, 2.75) is 57.6 Å². The molecule has 1 aliphatic rings. The van der Waals surface area contributed by atoms with Crippen LogP contribution in [0.15, 0.2) is 28.2 Å². The first kappa shape index (κ1) is 17.2. The fourth-order valence-electron chi connectivity index (χ4n) is 3.35. The van der Waals surface area contributed by atoms with Crippen molar-refractivity contribution >= 4 is 17.2 Å². The van der Waals surface area contributed by atoms with Gasteiger partial charge in [-0.05, 0) is 44.7 Å². The molecule has 2 atom stereocenters. The first-order valence-electron chi connectivity index (χ1n) is 8.55. The largest absolute Gasteiger partial charge is 0.467 e. The molecule has 1 fully saturated rings. The predicted molar refractivity (Wildman–Crippen MR) is 92.8 cm³/mol. The predicted octanol–water partition coefficient (Wildman–Crippen LogP) is 3.48. The maximum atomic E-state index is 12.5. The number of aryl methyl sites for hydroxylation is 2. The van der Waals surface area contributed by atoms with E-state index in [1.165, 1.54) is 0 Å². The molecule has 5 nitrogen and oxygen atoms in total. The van der Waals surface area contributed by atoms with Crippen LogP contribution in [0.1, 0.15) is 54.7 Å². The Bertz CT molecular complexity index is 653. The quantitative estimate of drug-likeness (QED) is 0.832. The monoisotopic (exact) mass is 348 g/mol. The van der Waals surface area contributed by atoms with Crippen molar-refractivity contribution in [1.29, 1.82) is 0 Å². The van der Waals surface area contributed by atoms with Gasteiger partial charge in [-0.3, -0.25) is 4.79 Å². The van der Waals surface area contributed by atoms with E-state index in [1.807, 2.05) is 11.8 Å². The van der Waals surface area contributed by atoms with E-state index in [0.717, 1.165) is 42.9 Å². The number of furan rings is 1. The standard InChI is InChI=1S/C18H24N2O3S/c1-13-19-14(12-24-13)5-2-8-18(22)20-9-3-6-15(20)11-16(21)17-7-4-10-23-17/h4,7,10,12,15-16,21H,2-3,5-6,8-9,11H2,1H3. The van der Waals surface area contributed by atoms with Gasteiger partial charge in [0.1, 0.15) is 11.9 Å². The molecule has 2 aromatic heterocycles. The molecule has 0 aliphatic carbocycles. The van der Waals surface area contributed by atoms with E-state index < -0.39 is 6.10 Å². The van der Waals surface area contributed by atoms with Gasteiger partial charge in [-0.25, -0.2) is 4.98 Å². The summed E-state index contributed by atoms with van der Waals surface area (Å²) in [4.78, 5) is 18.9. The van der Waals surface area contributed by atoms with Gasteiger partial charge in [0.2, 0.25) is 5.91 Å². The summed E-state index contributed by atoms with van der Waals surface area (Å²) >= 11 is 1.65. The molecule has 3 heterocycles. The lowest BCUT2D eigenvalue weighted by atomic mass is 10.0. The van der Waals surface area contributed by atoms with Crippen LogP contribution in [0.25, 0.3) is 0 Å². The van der Waals surface area contributed by atoms with E-state index in [2.05, 4.69) is 10.4 Å². The molecule has 1 saturated heterocycles. The zero-order chi connectivity index (χ0) is 16.9. The van der Waals surface area contributed by atoms with Crippen molar-refractivity contribution in [1.82, 2.24) is 9.88 Å². The zero-order valence-electron chi connectivity index (χ0n) is 14.0. The molecule has 6 heteroatoms. The molecule has 1 aliphatic heterocycles. The summed E-state index contributed by atoms with van der Waals surface area (Å²) in [6.45, 7) is 2.79. The van der Waals surface area contributed by atoms with Gasteiger partial charge >= 0.3 is 0 Å². The second-order valence-corrected chi connectivity index (χ2v) is 7.42. The second kappa shape index (κ2) is 7.94. The number of aliphatic hydroxyl groups excluding tert-OH is 1. The molecule has 0 bridgehead atoms.